The average molecular weight is 390 g/mol. The molecule has 0 spiro atoms. The Hall–Kier alpha value is -2.18. The minimum atomic E-state index is 0.361. The van der Waals surface area contributed by atoms with E-state index in [9.17, 15) is 0 Å². The molecule has 0 aliphatic heterocycles. The SMILES string of the molecule is CCn1c(COc2ccc(OC)cc2)nnc1SCc1ccccc1Cl. The second kappa shape index (κ2) is 8.96. The molecule has 0 aliphatic rings. The van der Waals surface area contributed by atoms with Gasteiger partial charge in [0.05, 0.1) is 7.11 Å². The Morgan fingerprint density at radius 2 is 1.77 bits per heavy atom. The molecule has 0 aliphatic carbocycles. The van der Waals surface area contributed by atoms with Crippen LogP contribution in [-0.4, -0.2) is 21.9 Å². The van der Waals surface area contributed by atoms with Gasteiger partial charge in [-0.15, -0.1) is 10.2 Å². The smallest absolute Gasteiger partial charge is 0.191 e. The van der Waals surface area contributed by atoms with Gasteiger partial charge in [0.2, 0.25) is 0 Å². The van der Waals surface area contributed by atoms with Gasteiger partial charge < -0.3 is 14.0 Å². The van der Waals surface area contributed by atoms with Crippen molar-refractivity contribution in [3.63, 3.8) is 0 Å². The first-order valence-corrected chi connectivity index (χ1v) is 9.62. The van der Waals surface area contributed by atoms with E-state index in [0.29, 0.717) is 6.61 Å². The van der Waals surface area contributed by atoms with Crippen molar-refractivity contribution in [2.75, 3.05) is 7.11 Å². The molecule has 7 heteroatoms. The maximum atomic E-state index is 6.22. The van der Waals surface area contributed by atoms with Gasteiger partial charge in [0.1, 0.15) is 18.1 Å². The minimum Gasteiger partial charge on any atom is -0.497 e. The predicted octanol–water partition coefficient (Wildman–Crippen LogP) is 4.83. The van der Waals surface area contributed by atoms with E-state index >= 15 is 0 Å². The fourth-order valence-corrected chi connectivity index (χ4v) is 3.73. The van der Waals surface area contributed by atoms with Crippen molar-refractivity contribution in [2.45, 2.75) is 31.0 Å². The van der Waals surface area contributed by atoms with Gasteiger partial charge in [0, 0.05) is 17.3 Å². The summed E-state index contributed by atoms with van der Waals surface area (Å²) in [6, 6.07) is 15.3. The molecule has 0 radical (unpaired) electrons. The van der Waals surface area contributed by atoms with Crippen molar-refractivity contribution in [3.8, 4) is 11.5 Å². The molecule has 5 nitrogen and oxygen atoms in total. The molecule has 3 aromatic rings. The van der Waals surface area contributed by atoms with Crippen LogP contribution in [0.1, 0.15) is 18.3 Å². The van der Waals surface area contributed by atoms with Gasteiger partial charge in [0.25, 0.3) is 0 Å². The summed E-state index contributed by atoms with van der Waals surface area (Å²) in [6.45, 7) is 3.21. The molecule has 0 saturated carbocycles. The van der Waals surface area contributed by atoms with Crippen LogP contribution in [0.25, 0.3) is 0 Å². The summed E-state index contributed by atoms with van der Waals surface area (Å²) in [5.41, 5.74) is 1.08. The van der Waals surface area contributed by atoms with Gasteiger partial charge in [-0.05, 0) is 42.8 Å². The molecule has 3 rings (SSSR count). The number of aromatic nitrogens is 3. The number of halogens is 1. The first kappa shape index (κ1) is 18.6. The van der Waals surface area contributed by atoms with Crippen molar-refractivity contribution in [2.24, 2.45) is 0 Å². The van der Waals surface area contributed by atoms with E-state index in [1.54, 1.807) is 18.9 Å². The van der Waals surface area contributed by atoms with Gasteiger partial charge in [0.15, 0.2) is 11.0 Å². The highest BCUT2D eigenvalue weighted by Crippen LogP contribution is 2.26. The molecule has 2 aromatic carbocycles. The Balaban J connectivity index is 1.64. The Morgan fingerprint density at radius 3 is 2.46 bits per heavy atom. The quantitative estimate of drug-likeness (QED) is 0.516. The highest BCUT2D eigenvalue weighted by molar-refractivity contribution is 7.98. The lowest BCUT2D eigenvalue weighted by molar-refractivity contribution is 0.287. The Bertz CT molecular complexity index is 852. The number of hydrogen-bond donors (Lipinski definition) is 0. The third kappa shape index (κ3) is 4.51. The van der Waals surface area contributed by atoms with Crippen LogP contribution in [0, 0.1) is 0 Å². The highest BCUT2D eigenvalue weighted by Gasteiger charge is 2.13. The minimum absolute atomic E-state index is 0.361. The Labute approximate surface area is 162 Å². The number of hydrogen-bond acceptors (Lipinski definition) is 5. The zero-order valence-electron chi connectivity index (χ0n) is 14.7. The number of benzene rings is 2. The molecular formula is C19H20ClN3O2S. The summed E-state index contributed by atoms with van der Waals surface area (Å²) in [7, 11) is 1.64. The number of rotatable bonds is 8. The molecule has 0 N–H and O–H groups in total. The summed E-state index contributed by atoms with van der Waals surface area (Å²) >= 11 is 7.84. The van der Waals surface area contributed by atoms with E-state index in [1.165, 1.54) is 0 Å². The van der Waals surface area contributed by atoms with Crippen LogP contribution in [0.2, 0.25) is 5.02 Å². The third-order valence-corrected chi connectivity index (χ3v) is 5.24. The van der Waals surface area contributed by atoms with E-state index in [-0.39, 0.29) is 0 Å². The van der Waals surface area contributed by atoms with Gasteiger partial charge >= 0.3 is 0 Å². The maximum Gasteiger partial charge on any atom is 0.191 e. The summed E-state index contributed by atoms with van der Waals surface area (Å²) in [5, 5.41) is 10.2. The molecule has 0 bridgehead atoms. The predicted molar refractivity (Wildman–Crippen MR) is 104 cm³/mol. The van der Waals surface area contributed by atoms with E-state index in [1.807, 2.05) is 48.5 Å². The highest BCUT2D eigenvalue weighted by atomic mass is 35.5. The van der Waals surface area contributed by atoms with Crippen molar-refractivity contribution in [1.29, 1.82) is 0 Å². The lowest BCUT2D eigenvalue weighted by Crippen LogP contribution is -2.07. The molecule has 1 aromatic heterocycles. The molecule has 136 valence electrons. The maximum absolute atomic E-state index is 6.22. The first-order chi connectivity index (χ1) is 12.7. The molecule has 0 saturated heterocycles. The fraction of sp³-hybridized carbons (Fsp3) is 0.263. The van der Waals surface area contributed by atoms with Gasteiger partial charge in [-0.1, -0.05) is 41.6 Å². The number of ether oxygens (including phenoxy) is 2. The third-order valence-electron chi connectivity index (χ3n) is 3.85. The summed E-state index contributed by atoms with van der Waals surface area (Å²) in [6.07, 6.45) is 0. The van der Waals surface area contributed by atoms with Crippen LogP contribution in [0.4, 0.5) is 0 Å². The summed E-state index contributed by atoms with van der Waals surface area (Å²) < 4.78 is 13.0. The van der Waals surface area contributed by atoms with Gasteiger partial charge in [-0.2, -0.15) is 0 Å². The van der Waals surface area contributed by atoms with Crippen LogP contribution < -0.4 is 9.47 Å². The lowest BCUT2D eigenvalue weighted by Gasteiger charge is -2.09. The molecule has 26 heavy (non-hydrogen) atoms. The van der Waals surface area contributed by atoms with Gasteiger partial charge in [-0.3, -0.25) is 0 Å². The van der Waals surface area contributed by atoms with Crippen molar-refractivity contribution >= 4 is 23.4 Å². The summed E-state index contributed by atoms with van der Waals surface area (Å²) in [4.78, 5) is 0. The van der Waals surface area contributed by atoms with Crippen LogP contribution in [-0.2, 0) is 18.9 Å². The lowest BCUT2D eigenvalue weighted by atomic mass is 10.2. The zero-order chi connectivity index (χ0) is 18.4. The monoisotopic (exact) mass is 389 g/mol. The van der Waals surface area contributed by atoms with Crippen molar-refractivity contribution in [3.05, 3.63) is 64.9 Å². The van der Waals surface area contributed by atoms with E-state index < -0.39 is 0 Å². The van der Waals surface area contributed by atoms with E-state index in [0.717, 1.165) is 45.4 Å². The standard InChI is InChI=1S/C19H20ClN3O2S/c1-3-23-18(12-25-16-10-8-15(24-2)9-11-16)21-22-19(23)26-13-14-6-4-5-7-17(14)20/h4-11H,3,12-13H2,1-2H3. The van der Waals surface area contributed by atoms with Crippen LogP contribution >= 0.6 is 23.4 Å². The Morgan fingerprint density at radius 1 is 1.04 bits per heavy atom. The second-order valence-electron chi connectivity index (χ2n) is 5.49. The largest absolute Gasteiger partial charge is 0.497 e. The molecule has 0 unspecified atom stereocenters. The van der Waals surface area contributed by atoms with E-state index in [4.69, 9.17) is 21.1 Å². The number of thioether (sulfide) groups is 1. The summed E-state index contributed by atoms with van der Waals surface area (Å²) in [5.74, 6) is 3.11. The van der Waals surface area contributed by atoms with Gasteiger partial charge in [-0.25, -0.2) is 0 Å². The number of nitrogens with zero attached hydrogens (tertiary/aromatic N) is 3. The molecule has 0 amide bonds. The zero-order valence-corrected chi connectivity index (χ0v) is 16.3. The number of methoxy groups -OCH3 is 1. The normalized spacial score (nSPS) is 10.7. The van der Waals surface area contributed by atoms with Crippen molar-refractivity contribution in [1.82, 2.24) is 14.8 Å². The molecule has 0 atom stereocenters. The average Bonchev–Trinajstić information content (AvgIpc) is 3.08. The van der Waals surface area contributed by atoms with Crippen molar-refractivity contribution < 1.29 is 9.47 Å². The van der Waals surface area contributed by atoms with Crippen LogP contribution in [0.5, 0.6) is 11.5 Å². The molecule has 0 fully saturated rings. The van der Waals surface area contributed by atoms with E-state index in [2.05, 4.69) is 21.7 Å². The Kier molecular flexibility index (Phi) is 6.41. The topological polar surface area (TPSA) is 49.2 Å². The van der Waals surface area contributed by atoms with Crippen LogP contribution in [0.15, 0.2) is 53.7 Å². The molecule has 1 heterocycles. The molecular weight excluding hydrogens is 370 g/mol. The fourth-order valence-electron chi connectivity index (χ4n) is 2.43. The van der Waals surface area contributed by atoms with Crippen LogP contribution in [0.3, 0.4) is 0 Å². The first-order valence-electron chi connectivity index (χ1n) is 8.26. The second-order valence-corrected chi connectivity index (χ2v) is 6.84.